The van der Waals surface area contributed by atoms with Gasteiger partial charge in [-0.2, -0.15) is 0 Å². The van der Waals surface area contributed by atoms with Crippen LogP contribution >= 0.6 is 15.9 Å². The first-order valence-corrected chi connectivity index (χ1v) is 11.8. The van der Waals surface area contributed by atoms with Crippen molar-refractivity contribution in [3.8, 4) is 0 Å². The van der Waals surface area contributed by atoms with Crippen LogP contribution in [0.1, 0.15) is 26.3 Å². The molecule has 31 heavy (non-hydrogen) atoms. The maximum atomic E-state index is 13.2. The van der Waals surface area contributed by atoms with Gasteiger partial charge in [-0.25, -0.2) is 13.2 Å². The van der Waals surface area contributed by atoms with Gasteiger partial charge in [0, 0.05) is 16.6 Å². The van der Waals surface area contributed by atoms with Gasteiger partial charge < -0.3 is 4.74 Å². The molecule has 6 nitrogen and oxygen atoms in total. The number of rotatable bonds is 6. The van der Waals surface area contributed by atoms with Gasteiger partial charge in [0.25, 0.3) is 10.0 Å². The molecule has 0 unspecified atom stereocenters. The number of hydrogen-bond acceptors (Lipinski definition) is 5. The Morgan fingerprint density at radius 1 is 0.935 bits per heavy atom. The molecule has 3 aromatic carbocycles. The summed E-state index contributed by atoms with van der Waals surface area (Å²) in [6.07, 6.45) is 0.634. The highest BCUT2D eigenvalue weighted by atomic mass is 79.9. The monoisotopic (exact) mass is 499 g/mol. The second kappa shape index (κ2) is 8.64. The van der Waals surface area contributed by atoms with E-state index >= 15 is 0 Å². The number of nitrogens with zero attached hydrogens (tertiary/aromatic N) is 1. The molecule has 1 heterocycles. The van der Waals surface area contributed by atoms with E-state index in [2.05, 4.69) is 15.9 Å². The van der Waals surface area contributed by atoms with E-state index in [-0.39, 0.29) is 16.2 Å². The third-order valence-electron chi connectivity index (χ3n) is 5.00. The Morgan fingerprint density at radius 3 is 2.45 bits per heavy atom. The van der Waals surface area contributed by atoms with Gasteiger partial charge in [0.2, 0.25) is 0 Å². The van der Waals surface area contributed by atoms with Crippen molar-refractivity contribution in [1.29, 1.82) is 0 Å². The van der Waals surface area contributed by atoms with E-state index in [9.17, 15) is 18.0 Å². The standard InChI is InChI=1S/C23H18BrNO5S/c24-19-10-8-17(9-11-19)22(26)15-30-23(27)18-5-3-6-20(14-18)31(28,29)25-13-12-16-4-1-2-7-21(16)25/h1-11,14H,12-13,15H2. The van der Waals surface area contributed by atoms with Crippen molar-refractivity contribution in [3.05, 3.63) is 94.0 Å². The molecular weight excluding hydrogens is 482 g/mol. The van der Waals surface area contributed by atoms with Crippen molar-refractivity contribution in [2.45, 2.75) is 11.3 Å². The van der Waals surface area contributed by atoms with E-state index in [0.717, 1.165) is 10.0 Å². The van der Waals surface area contributed by atoms with E-state index in [4.69, 9.17) is 4.74 Å². The van der Waals surface area contributed by atoms with Gasteiger partial charge in [0.05, 0.1) is 16.1 Å². The number of para-hydroxylation sites is 1. The fraction of sp³-hybridized carbons (Fsp3) is 0.130. The number of esters is 1. The van der Waals surface area contributed by atoms with Gasteiger partial charge in [-0.15, -0.1) is 0 Å². The number of halogens is 1. The summed E-state index contributed by atoms with van der Waals surface area (Å²) < 4.78 is 33.6. The largest absolute Gasteiger partial charge is 0.454 e. The molecule has 0 amide bonds. The first-order valence-electron chi connectivity index (χ1n) is 9.53. The first-order chi connectivity index (χ1) is 14.9. The Bertz CT molecular complexity index is 1250. The van der Waals surface area contributed by atoms with Crippen molar-refractivity contribution < 1.29 is 22.7 Å². The molecule has 1 aliphatic rings. The topological polar surface area (TPSA) is 80.8 Å². The van der Waals surface area contributed by atoms with Crippen LogP contribution in [0.4, 0.5) is 5.69 Å². The second-order valence-electron chi connectivity index (χ2n) is 6.99. The van der Waals surface area contributed by atoms with Crippen LogP contribution in [-0.4, -0.2) is 33.3 Å². The van der Waals surface area contributed by atoms with Crippen molar-refractivity contribution in [3.63, 3.8) is 0 Å². The third-order valence-corrected chi connectivity index (χ3v) is 7.34. The smallest absolute Gasteiger partial charge is 0.338 e. The van der Waals surface area contributed by atoms with Crippen LogP contribution in [0.5, 0.6) is 0 Å². The number of benzene rings is 3. The van der Waals surface area contributed by atoms with Gasteiger partial charge in [-0.05, 0) is 48.4 Å². The minimum Gasteiger partial charge on any atom is -0.454 e. The molecule has 8 heteroatoms. The van der Waals surface area contributed by atoms with Crippen molar-refractivity contribution in [2.75, 3.05) is 17.5 Å². The SMILES string of the molecule is O=C(COC(=O)c1cccc(S(=O)(=O)N2CCc3ccccc32)c1)c1ccc(Br)cc1. The minimum absolute atomic E-state index is 0.00195. The summed E-state index contributed by atoms with van der Waals surface area (Å²) in [4.78, 5) is 24.7. The van der Waals surface area contributed by atoms with E-state index in [1.165, 1.54) is 28.6 Å². The molecule has 4 rings (SSSR count). The number of ketones is 1. The highest BCUT2D eigenvalue weighted by molar-refractivity contribution is 9.10. The summed E-state index contributed by atoms with van der Waals surface area (Å²) >= 11 is 3.29. The predicted octanol–water partition coefficient (Wildman–Crippen LogP) is 4.24. The zero-order chi connectivity index (χ0) is 22.0. The molecule has 0 N–H and O–H groups in total. The van der Waals surface area contributed by atoms with Gasteiger partial charge in [-0.1, -0.05) is 52.3 Å². The molecule has 0 atom stereocenters. The zero-order valence-electron chi connectivity index (χ0n) is 16.3. The number of ether oxygens (including phenoxy) is 1. The maximum absolute atomic E-state index is 13.2. The summed E-state index contributed by atoms with van der Waals surface area (Å²) in [5.41, 5.74) is 2.10. The van der Waals surface area contributed by atoms with Crippen LogP contribution in [0.3, 0.4) is 0 Å². The van der Waals surface area contributed by atoms with E-state index < -0.39 is 22.6 Å². The van der Waals surface area contributed by atoms with Crippen molar-refractivity contribution in [1.82, 2.24) is 0 Å². The van der Waals surface area contributed by atoms with Crippen molar-refractivity contribution in [2.24, 2.45) is 0 Å². The Kier molecular flexibility index (Phi) is 5.93. The quantitative estimate of drug-likeness (QED) is 0.374. The van der Waals surface area contributed by atoms with Crippen LogP contribution in [0, 0.1) is 0 Å². The third kappa shape index (κ3) is 4.40. The highest BCUT2D eigenvalue weighted by Gasteiger charge is 2.31. The maximum Gasteiger partial charge on any atom is 0.338 e. The molecule has 0 aliphatic carbocycles. The lowest BCUT2D eigenvalue weighted by atomic mass is 10.1. The fourth-order valence-corrected chi connectivity index (χ4v) is 5.22. The molecule has 0 aromatic heterocycles. The van der Waals surface area contributed by atoms with E-state index in [1.54, 1.807) is 36.4 Å². The summed E-state index contributed by atoms with van der Waals surface area (Å²) in [5, 5.41) is 0. The minimum atomic E-state index is -3.83. The lowest BCUT2D eigenvalue weighted by molar-refractivity contribution is 0.0474. The van der Waals surface area contributed by atoms with Gasteiger partial charge in [0.1, 0.15) is 0 Å². The molecule has 0 bridgehead atoms. The molecule has 0 spiro atoms. The number of fused-ring (bicyclic) bond motifs is 1. The Labute approximate surface area is 188 Å². The normalized spacial score (nSPS) is 13.0. The number of Topliss-reactive ketones (excluding diaryl/α,β-unsaturated/α-hetero) is 1. The number of hydrogen-bond donors (Lipinski definition) is 0. The van der Waals surface area contributed by atoms with Gasteiger partial charge in [0.15, 0.2) is 12.4 Å². The predicted molar refractivity (Wildman–Crippen MR) is 120 cm³/mol. The molecule has 1 aliphatic heterocycles. The average Bonchev–Trinajstić information content (AvgIpc) is 3.23. The van der Waals surface area contributed by atoms with E-state index in [0.29, 0.717) is 24.2 Å². The summed E-state index contributed by atoms with van der Waals surface area (Å²) in [5.74, 6) is -1.11. The molecule has 0 saturated heterocycles. The first kappa shape index (κ1) is 21.3. The van der Waals surface area contributed by atoms with Crippen molar-refractivity contribution >= 4 is 43.4 Å². The summed E-state index contributed by atoms with van der Waals surface area (Å²) in [6, 6.07) is 19.7. The number of carbonyl (C=O) groups excluding carboxylic acids is 2. The fourth-order valence-electron chi connectivity index (χ4n) is 3.40. The van der Waals surface area contributed by atoms with Gasteiger partial charge >= 0.3 is 5.97 Å². The lowest BCUT2D eigenvalue weighted by Gasteiger charge is -2.19. The Balaban J connectivity index is 1.49. The van der Waals surface area contributed by atoms with Crippen LogP contribution < -0.4 is 4.31 Å². The molecule has 3 aromatic rings. The van der Waals surface area contributed by atoms with E-state index in [1.807, 2.05) is 12.1 Å². The summed E-state index contributed by atoms with van der Waals surface area (Å²) in [6.45, 7) is -0.0883. The molecule has 0 fully saturated rings. The highest BCUT2D eigenvalue weighted by Crippen LogP contribution is 2.32. The van der Waals surface area contributed by atoms with Gasteiger partial charge in [-0.3, -0.25) is 9.10 Å². The molecular formula is C23H18BrNO5S. The summed E-state index contributed by atoms with van der Waals surface area (Å²) in [7, 11) is -3.83. The van der Waals surface area contributed by atoms with Crippen LogP contribution in [-0.2, 0) is 21.2 Å². The lowest BCUT2D eigenvalue weighted by Crippen LogP contribution is -2.29. The number of sulfonamides is 1. The Morgan fingerprint density at radius 2 is 1.68 bits per heavy atom. The second-order valence-corrected chi connectivity index (χ2v) is 9.77. The van der Waals surface area contributed by atoms with Crippen LogP contribution in [0.2, 0.25) is 0 Å². The average molecular weight is 500 g/mol. The Hall–Kier alpha value is -2.97. The molecule has 158 valence electrons. The number of carbonyl (C=O) groups is 2. The number of anilines is 1. The molecule has 0 radical (unpaired) electrons. The van der Waals surface area contributed by atoms with Crippen LogP contribution in [0.15, 0.2) is 82.2 Å². The molecule has 0 saturated carbocycles. The zero-order valence-corrected chi connectivity index (χ0v) is 18.7. The van der Waals surface area contributed by atoms with Crippen LogP contribution in [0.25, 0.3) is 0 Å².